The van der Waals surface area contributed by atoms with Gasteiger partial charge in [-0.15, -0.1) is 0 Å². The number of benzene rings is 1. The maximum atomic E-state index is 12.6. The molecule has 1 unspecified atom stereocenters. The van der Waals surface area contributed by atoms with Crippen LogP contribution in [0.5, 0.6) is 11.6 Å². The molecule has 1 saturated heterocycles. The van der Waals surface area contributed by atoms with E-state index >= 15 is 0 Å². The minimum Gasteiger partial charge on any atom is -0.494 e. The molecule has 1 aliphatic heterocycles. The number of rotatable bonds is 8. The number of carbonyl (C=O) groups excluding carboxylic acids is 1. The number of nitrogens with zero attached hydrogens (tertiary/aromatic N) is 4. The van der Waals surface area contributed by atoms with Crippen molar-refractivity contribution < 1.29 is 18.8 Å². The fourth-order valence-corrected chi connectivity index (χ4v) is 3.85. The topological polar surface area (TPSA) is 103 Å². The summed E-state index contributed by atoms with van der Waals surface area (Å²) < 4.78 is 15.8. The second-order valence-electron chi connectivity index (χ2n) is 8.25. The molecule has 9 heteroatoms. The normalized spacial score (nSPS) is 16.9. The fraction of sp³-hybridized carbons (Fsp3) is 0.360. The molecular weight excluding hydrogens is 434 g/mol. The molecule has 34 heavy (non-hydrogen) atoms. The number of methoxy groups -OCH3 is 1. The van der Waals surface area contributed by atoms with Crippen LogP contribution in [0.2, 0.25) is 0 Å². The van der Waals surface area contributed by atoms with Crippen molar-refractivity contribution in [2.75, 3.05) is 32.1 Å². The summed E-state index contributed by atoms with van der Waals surface area (Å²) in [6, 6.07) is 7.93. The summed E-state index contributed by atoms with van der Waals surface area (Å²) in [6.07, 6.45) is 11.1. The van der Waals surface area contributed by atoms with Gasteiger partial charge >= 0.3 is 6.03 Å². The van der Waals surface area contributed by atoms with Crippen molar-refractivity contribution in [3.63, 3.8) is 0 Å². The van der Waals surface area contributed by atoms with E-state index in [-0.39, 0.29) is 11.9 Å². The number of aryl methyl sites for hydroxylation is 1. The van der Waals surface area contributed by atoms with E-state index in [2.05, 4.69) is 45.6 Å². The number of urea groups is 1. The van der Waals surface area contributed by atoms with Crippen LogP contribution in [-0.2, 0) is 6.42 Å². The summed E-state index contributed by atoms with van der Waals surface area (Å²) in [7, 11) is 1.52. The number of piperidine rings is 1. The quantitative estimate of drug-likeness (QED) is 0.493. The molecule has 2 aromatic heterocycles. The van der Waals surface area contributed by atoms with Crippen LogP contribution in [0.3, 0.4) is 0 Å². The Kier molecular flexibility index (Phi) is 7.75. The van der Waals surface area contributed by atoms with E-state index in [0.717, 1.165) is 36.1 Å². The second kappa shape index (κ2) is 11.3. The predicted molar refractivity (Wildman–Crippen MR) is 128 cm³/mol. The Morgan fingerprint density at radius 1 is 1.29 bits per heavy atom. The minimum atomic E-state index is -0.174. The number of hydrogen-bond acceptors (Lipinski definition) is 7. The average Bonchev–Trinajstić information content (AvgIpc) is 3.37. The number of anilines is 1. The van der Waals surface area contributed by atoms with Gasteiger partial charge < -0.3 is 18.9 Å². The Labute approximate surface area is 198 Å². The number of carbonyl (C=O) groups is 1. The van der Waals surface area contributed by atoms with E-state index in [9.17, 15) is 4.79 Å². The molecular formula is C25H29N5O4. The van der Waals surface area contributed by atoms with Crippen molar-refractivity contribution in [2.24, 2.45) is 5.92 Å². The highest BCUT2D eigenvalue weighted by Gasteiger charge is 2.24. The molecule has 0 radical (unpaired) electrons. The molecule has 9 nitrogen and oxygen atoms in total. The third-order valence-corrected chi connectivity index (χ3v) is 5.73. The molecule has 1 atom stereocenters. The molecule has 1 fully saturated rings. The predicted octanol–water partition coefficient (Wildman–Crippen LogP) is 4.44. The molecule has 4 rings (SSSR count). The van der Waals surface area contributed by atoms with Gasteiger partial charge in [0, 0.05) is 18.7 Å². The number of nitrogens with one attached hydrogen (secondary N) is 1. The van der Waals surface area contributed by atoms with Gasteiger partial charge in [-0.1, -0.05) is 35.9 Å². The van der Waals surface area contributed by atoms with Crippen LogP contribution >= 0.6 is 0 Å². The van der Waals surface area contributed by atoms with Crippen molar-refractivity contribution in [2.45, 2.75) is 26.2 Å². The number of ether oxygens (including phenoxy) is 2. The zero-order valence-corrected chi connectivity index (χ0v) is 19.4. The van der Waals surface area contributed by atoms with Gasteiger partial charge in [0.1, 0.15) is 12.0 Å². The van der Waals surface area contributed by atoms with Crippen molar-refractivity contribution in [3.05, 3.63) is 65.8 Å². The van der Waals surface area contributed by atoms with Crippen molar-refractivity contribution in [1.82, 2.24) is 20.0 Å². The van der Waals surface area contributed by atoms with Crippen LogP contribution in [0.25, 0.3) is 6.08 Å². The van der Waals surface area contributed by atoms with Gasteiger partial charge in [0.15, 0.2) is 5.82 Å². The average molecular weight is 464 g/mol. The first-order valence-electron chi connectivity index (χ1n) is 11.3. The maximum absolute atomic E-state index is 12.6. The third-order valence-electron chi connectivity index (χ3n) is 5.73. The summed E-state index contributed by atoms with van der Waals surface area (Å²) >= 11 is 0. The Morgan fingerprint density at radius 3 is 2.94 bits per heavy atom. The molecule has 1 N–H and O–H groups in total. The lowest BCUT2D eigenvalue weighted by Crippen LogP contribution is -2.42. The summed E-state index contributed by atoms with van der Waals surface area (Å²) in [4.78, 5) is 22.7. The van der Waals surface area contributed by atoms with Crippen LogP contribution in [0, 0.1) is 5.92 Å². The van der Waals surface area contributed by atoms with Crippen molar-refractivity contribution in [3.8, 4) is 11.6 Å². The molecule has 0 aliphatic carbocycles. The lowest BCUT2D eigenvalue weighted by Gasteiger charge is -2.33. The number of likely N-dealkylation sites (tertiary alicyclic amines) is 1. The summed E-state index contributed by atoms with van der Waals surface area (Å²) in [5, 5.41) is 6.52. The van der Waals surface area contributed by atoms with Gasteiger partial charge in [-0.2, -0.15) is 0 Å². The first-order chi connectivity index (χ1) is 16.6. The number of hydrogen-bond donors (Lipinski definition) is 1. The third kappa shape index (κ3) is 6.34. The van der Waals surface area contributed by atoms with E-state index < -0.39 is 0 Å². The summed E-state index contributed by atoms with van der Waals surface area (Å²) in [5.74, 6) is 1.90. The van der Waals surface area contributed by atoms with Crippen LogP contribution in [-0.4, -0.2) is 52.9 Å². The van der Waals surface area contributed by atoms with Gasteiger partial charge in [-0.3, -0.25) is 5.32 Å². The zero-order chi connectivity index (χ0) is 23.8. The van der Waals surface area contributed by atoms with Crippen molar-refractivity contribution in [1.29, 1.82) is 0 Å². The Balaban J connectivity index is 1.28. The van der Waals surface area contributed by atoms with Crippen LogP contribution in [0.15, 0.2) is 59.2 Å². The van der Waals surface area contributed by atoms with Gasteiger partial charge in [0.2, 0.25) is 5.88 Å². The molecule has 178 valence electrons. The van der Waals surface area contributed by atoms with Gasteiger partial charge in [-0.25, -0.2) is 14.8 Å². The molecule has 0 bridgehead atoms. The van der Waals surface area contributed by atoms with E-state index in [0.29, 0.717) is 31.4 Å². The lowest BCUT2D eigenvalue weighted by atomic mass is 9.91. The smallest absolute Gasteiger partial charge is 0.323 e. The summed E-state index contributed by atoms with van der Waals surface area (Å²) in [5.41, 5.74) is 3.50. The van der Waals surface area contributed by atoms with E-state index in [1.807, 2.05) is 17.0 Å². The number of amides is 2. The van der Waals surface area contributed by atoms with Crippen LogP contribution in [0.4, 0.5) is 10.6 Å². The monoisotopic (exact) mass is 463 g/mol. The van der Waals surface area contributed by atoms with Gasteiger partial charge in [0.05, 0.1) is 32.3 Å². The van der Waals surface area contributed by atoms with Crippen molar-refractivity contribution >= 4 is 17.9 Å². The Hall–Kier alpha value is -3.88. The first-order valence-corrected chi connectivity index (χ1v) is 11.3. The molecule has 3 aromatic rings. The van der Waals surface area contributed by atoms with E-state index in [1.165, 1.54) is 25.1 Å². The molecule has 1 aromatic carbocycles. The number of aromatic nitrogens is 3. The highest BCUT2D eigenvalue weighted by molar-refractivity contribution is 5.88. The lowest BCUT2D eigenvalue weighted by molar-refractivity contribution is 0.197. The zero-order valence-electron chi connectivity index (χ0n) is 19.4. The standard InChI is InChI=1S/C25H29N5O4/c1-18-16-30(25(31)29-23-14-27-24(32-2)15-26-23)9-8-21(18)11-19-5-3-7-22(12-19)33-10-4-6-20-13-28-34-17-20/h3,5,7,11-15,17-18H,4,6,8-10,16H2,1-2H3,(H,26,29,31). The minimum absolute atomic E-state index is 0.174. The Bertz CT molecular complexity index is 1100. The largest absolute Gasteiger partial charge is 0.494 e. The molecule has 3 heterocycles. The van der Waals surface area contributed by atoms with E-state index in [4.69, 9.17) is 14.0 Å². The fourth-order valence-electron chi connectivity index (χ4n) is 3.85. The highest BCUT2D eigenvalue weighted by Crippen LogP contribution is 2.26. The molecule has 2 amide bonds. The van der Waals surface area contributed by atoms with Gasteiger partial charge in [0.25, 0.3) is 0 Å². The molecule has 0 saturated carbocycles. The Morgan fingerprint density at radius 2 is 2.21 bits per heavy atom. The van der Waals surface area contributed by atoms with Gasteiger partial charge in [-0.05, 0) is 42.9 Å². The highest BCUT2D eigenvalue weighted by atomic mass is 16.5. The SMILES string of the molecule is COc1cnc(NC(=O)N2CCC(=Cc3cccc(OCCCc4cnoc4)c3)C(C)C2)cn1. The molecule has 0 spiro atoms. The molecule has 1 aliphatic rings. The van der Waals surface area contributed by atoms with E-state index in [1.54, 1.807) is 12.5 Å². The second-order valence-corrected chi connectivity index (χ2v) is 8.25. The maximum Gasteiger partial charge on any atom is 0.323 e. The first kappa shape index (κ1) is 23.3. The van der Waals surface area contributed by atoms with Crippen LogP contribution in [0.1, 0.15) is 30.9 Å². The summed E-state index contributed by atoms with van der Waals surface area (Å²) in [6.45, 7) is 4.05. The van der Waals surface area contributed by atoms with Crippen LogP contribution < -0.4 is 14.8 Å².